The number of carbonyl (C=O) groups excluding carboxylic acids is 1. The van der Waals surface area contributed by atoms with E-state index in [0.717, 1.165) is 34.4 Å². The number of alkyl halides is 3. The number of aryl methyl sites for hydroxylation is 2. The summed E-state index contributed by atoms with van der Waals surface area (Å²) in [6.45, 7) is 4.11. The number of amides is 1. The number of benzene rings is 2. The van der Waals surface area contributed by atoms with E-state index < -0.39 is 11.7 Å². The average Bonchev–Trinajstić information content (AvgIpc) is 2.71. The zero-order chi connectivity index (χ0) is 22.9. The molecule has 9 heteroatoms. The maximum atomic E-state index is 13.4. The molecule has 2 aromatic carbocycles. The summed E-state index contributed by atoms with van der Waals surface area (Å²) in [5.41, 5.74) is 2.31. The predicted molar refractivity (Wildman–Crippen MR) is 117 cm³/mol. The van der Waals surface area contributed by atoms with E-state index in [1.165, 1.54) is 35.4 Å². The van der Waals surface area contributed by atoms with E-state index in [2.05, 4.69) is 25.1 Å². The molecule has 0 saturated heterocycles. The molecule has 0 atom stereocenters. The molecule has 0 aliphatic rings. The molecule has 0 radical (unpaired) electrons. The van der Waals surface area contributed by atoms with Crippen LogP contribution in [-0.4, -0.2) is 25.5 Å². The zero-order valence-electron chi connectivity index (χ0n) is 17.7. The van der Waals surface area contributed by atoms with Crippen molar-refractivity contribution >= 4 is 23.9 Å². The Kier molecular flexibility index (Phi) is 10.2. The van der Waals surface area contributed by atoms with E-state index in [9.17, 15) is 18.0 Å². The van der Waals surface area contributed by atoms with Gasteiger partial charge in [-0.2, -0.15) is 13.2 Å². The van der Waals surface area contributed by atoms with Gasteiger partial charge in [-0.1, -0.05) is 32.0 Å². The van der Waals surface area contributed by atoms with Crippen molar-refractivity contribution in [2.24, 2.45) is 11.7 Å². The normalized spacial score (nSPS) is 10.8. The van der Waals surface area contributed by atoms with Crippen LogP contribution in [0.2, 0.25) is 0 Å². The van der Waals surface area contributed by atoms with Crippen molar-refractivity contribution in [1.82, 2.24) is 5.01 Å². The number of halogens is 3. The Bertz CT molecular complexity index is 826. The summed E-state index contributed by atoms with van der Waals surface area (Å²) >= 11 is 1.43. The van der Waals surface area contributed by atoms with Gasteiger partial charge in [-0.05, 0) is 47.7 Å². The molecule has 2 aromatic rings. The lowest BCUT2D eigenvalue weighted by molar-refractivity contribution is -0.138. The van der Waals surface area contributed by atoms with E-state index in [-0.39, 0.29) is 11.3 Å². The highest BCUT2D eigenvalue weighted by Gasteiger charge is 2.34. The molecule has 0 fully saturated rings. The van der Waals surface area contributed by atoms with Crippen molar-refractivity contribution in [3.8, 4) is 0 Å². The predicted octanol–water partition coefficient (Wildman–Crippen LogP) is 4.38. The SMILES string of the molecule is CCc1ccc(CC)c(SCc2c(N(C)N)cccc2C(F)(F)F)c1.CN(N)C=O. The second-order valence-electron chi connectivity index (χ2n) is 6.62. The van der Waals surface area contributed by atoms with Crippen LogP contribution in [0.4, 0.5) is 18.9 Å². The van der Waals surface area contributed by atoms with Gasteiger partial charge in [0.25, 0.3) is 0 Å². The quantitative estimate of drug-likeness (QED) is 0.219. The number of thioether (sulfide) groups is 1. The van der Waals surface area contributed by atoms with Gasteiger partial charge < -0.3 is 5.01 Å². The summed E-state index contributed by atoms with van der Waals surface area (Å²) in [6, 6.07) is 10.3. The van der Waals surface area contributed by atoms with Gasteiger partial charge in [-0.25, -0.2) is 11.7 Å². The van der Waals surface area contributed by atoms with Crippen molar-refractivity contribution in [3.63, 3.8) is 0 Å². The monoisotopic (exact) mass is 442 g/mol. The summed E-state index contributed by atoms with van der Waals surface area (Å²) in [6.07, 6.45) is -2.13. The first-order chi connectivity index (χ1) is 14.0. The maximum absolute atomic E-state index is 13.4. The second kappa shape index (κ2) is 11.8. The van der Waals surface area contributed by atoms with Gasteiger partial charge in [-0.15, -0.1) is 11.8 Å². The Hall–Kier alpha value is -2.23. The molecule has 166 valence electrons. The summed E-state index contributed by atoms with van der Waals surface area (Å²) < 4.78 is 40.2. The first kappa shape index (κ1) is 25.8. The lowest BCUT2D eigenvalue weighted by Gasteiger charge is -2.21. The number of hydrogen-bond acceptors (Lipinski definition) is 5. The summed E-state index contributed by atoms with van der Waals surface area (Å²) in [5, 5.41) is 2.19. The van der Waals surface area contributed by atoms with Crippen molar-refractivity contribution in [2.75, 3.05) is 19.1 Å². The standard InChI is InChI=1S/C19H23F3N2S.C2H6N2O/c1-4-13-9-10-14(5-2)18(11-13)25-12-15-16(19(20,21)22)7-6-8-17(15)24(3)23;1-4(3)2-5/h6-11H,4-5,12,23H2,1-3H3;2H,3H2,1H3. The minimum Gasteiger partial charge on any atom is -0.314 e. The third-order valence-corrected chi connectivity index (χ3v) is 5.42. The summed E-state index contributed by atoms with van der Waals surface area (Å²) in [7, 11) is 3.02. The Labute approximate surface area is 180 Å². The largest absolute Gasteiger partial charge is 0.416 e. The fourth-order valence-electron chi connectivity index (χ4n) is 2.72. The third kappa shape index (κ3) is 7.55. The molecular formula is C21H29F3N4OS. The van der Waals surface area contributed by atoms with Gasteiger partial charge in [-0.3, -0.25) is 9.80 Å². The number of hydrazine groups is 2. The first-order valence-electron chi connectivity index (χ1n) is 9.40. The molecule has 0 spiro atoms. The molecule has 30 heavy (non-hydrogen) atoms. The van der Waals surface area contributed by atoms with E-state index in [4.69, 9.17) is 11.7 Å². The number of anilines is 1. The fourth-order valence-corrected chi connectivity index (χ4v) is 3.95. The molecule has 0 heterocycles. The van der Waals surface area contributed by atoms with Crippen molar-refractivity contribution in [1.29, 1.82) is 0 Å². The second-order valence-corrected chi connectivity index (χ2v) is 7.64. The molecule has 0 aliphatic carbocycles. The summed E-state index contributed by atoms with van der Waals surface area (Å²) in [4.78, 5) is 10.3. The molecule has 5 nitrogen and oxygen atoms in total. The molecule has 1 amide bonds. The molecule has 4 N–H and O–H groups in total. The van der Waals surface area contributed by atoms with Gasteiger partial charge in [0.1, 0.15) is 0 Å². The molecule has 0 saturated carbocycles. The lowest BCUT2D eigenvalue weighted by atomic mass is 10.1. The van der Waals surface area contributed by atoms with Crippen LogP contribution in [0.1, 0.15) is 36.1 Å². The van der Waals surface area contributed by atoms with Crippen LogP contribution in [0.5, 0.6) is 0 Å². The Balaban J connectivity index is 0.000000804. The van der Waals surface area contributed by atoms with E-state index >= 15 is 0 Å². The van der Waals surface area contributed by atoms with Crippen LogP contribution in [0.15, 0.2) is 41.3 Å². The van der Waals surface area contributed by atoms with Gasteiger partial charge in [0.15, 0.2) is 0 Å². The highest BCUT2D eigenvalue weighted by molar-refractivity contribution is 7.98. The van der Waals surface area contributed by atoms with Crippen LogP contribution in [0.3, 0.4) is 0 Å². The number of nitrogens with two attached hydrogens (primary N) is 2. The smallest absolute Gasteiger partial charge is 0.314 e. The third-order valence-electron chi connectivity index (χ3n) is 4.30. The molecule has 0 unspecified atom stereocenters. The fraction of sp³-hybridized carbons (Fsp3) is 0.381. The van der Waals surface area contributed by atoms with E-state index in [0.29, 0.717) is 12.1 Å². The number of hydrogen-bond donors (Lipinski definition) is 2. The van der Waals surface area contributed by atoms with Crippen molar-refractivity contribution in [2.45, 2.75) is 43.5 Å². The highest BCUT2D eigenvalue weighted by atomic mass is 32.2. The van der Waals surface area contributed by atoms with Crippen LogP contribution in [0, 0.1) is 0 Å². The molecular weight excluding hydrogens is 413 g/mol. The maximum Gasteiger partial charge on any atom is 0.416 e. The molecule has 2 rings (SSSR count). The topological polar surface area (TPSA) is 75.6 Å². The van der Waals surface area contributed by atoms with Crippen molar-refractivity contribution < 1.29 is 18.0 Å². The van der Waals surface area contributed by atoms with E-state index in [1.807, 2.05) is 6.92 Å². The summed E-state index contributed by atoms with van der Waals surface area (Å²) in [5.74, 6) is 10.7. The minimum absolute atomic E-state index is 0.215. The molecule has 0 bridgehead atoms. The number of carbonyl (C=O) groups is 1. The Morgan fingerprint density at radius 1 is 1.07 bits per heavy atom. The minimum atomic E-state index is -4.40. The van der Waals surface area contributed by atoms with Crippen molar-refractivity contribution in [3.05, 3.63) is 58.7 Å². The van der Waals surface area contributed by atoms with Crippen LogP contribution in [-0.2, 0) is 29.6 Å². The highest BCUT2D eigenvalue weighted by Crippen LogP contribution is 2.39. The molecule has 0 aromatic heterocycles. The van der Waals surface area contributed by atoms with Gasteiger partial charge in [0.2, 0.25) is 6.41 Å². The van der Waals surface area contributed by atoms with Crippen LogP contribution < -0.4 is 16.7 Å². The van der Waals surface area contributed by atoms with Gasteiger partial charge in [0, 0.05) is 24.7 Å². The van der Waals surface area contributed by atoms with Crippen LogP contribution >= 0.6 is 11.8 Å². The van der Waals surface area contributed by atoms with Crippen LogP contribution in [0.25, 0.3) is 0 Å². The lowest BCUT2D eigenvalue weighted by Crippen LogP contribution is -2.27. The van der Waals surface area contributed by atoms with Gasteiger partial charge >= 0.3 is 6.18 Å². The zero-order valence-corrected chi connectivity index (χ0v) is 18.5. The van der Waals surface area contributed by atoms with E-state index in [1.54, 1.807) is 13.1 Å². The van der Waals surface area contributed by atoms with Gasteiger partial charge in [0.05, 0.1) is 11.3 Å². The average molecular weight is 443 g/mol. The Morgan fingerprint density at radius 3 is 2.17 bits per heavy atom. The number of nitrogens with zero attached hydrogens (tertiary/aromatic N) is 2. The Morgan fingerprint density at radius 2 is 1.70 bits per heavy atom. The first-order valence-corrected chi connectivity index (χ1v) is 10.4. The molecule has 0 aliphatic heterocycles. The number of rotatable bonds is 7.